The summed E-state index contributed by atoms with van der Waals surface area (Å²) in [6.07, 6.45) is 25.6. The van der Waals surface area contributed by atoms with Crippen molar-refractivity contribution in [1.29, 1.82) is 0 Å². The molecule has 0 aliphatic rings. The maximum Gasteiger partial charge on any atom is 1.00 e. The molecular formula is C23H45LiO3. The van der Waals surface area contributed by atoms with Gasteiger partial charge in [0, 0.05) is 6.61 Å². The number of hydrogen-bond donors (Lipinski definition) is 0. The zero-order valence-electron chi connectivity index (χ0n) is 18.6. The van der Waals surface area contributed by atoms with Gasteiger partial charge < -0.3 is 14.6 Å². The third kappa shape index (κ3) is 28.2. The van der Waals surface area contributed by atoms with Gasteiger partial charge in [-0.15, -0.1) is 0 Å². The van der Waals surface area contributed by atoms with Crippen molar-refractivity contribution in [2.45, 2.75) is 135 Å². The zero-order chi connectivity index (χ0) is 19.1. The molecule has 3 nitrogen and oxygen atoms in total. The molecule has 0 bridgehead atoms. The van der Waals surface area contributed by atoms with Gasteiger partial charge in [-0.05, 0) is 6.42 Å². The molecule has 0 N–H and O–H groups in total. The molecule has 0 aromatic heterocycles. The predicted octanol–water partition coefficient (Wildman–Crippen LogP) is 4.17. The first kappa shape index (κ1) is 29.1. The van der Waals surface area contributed by atoms with Crippen LogP contribution in [0, 0.1) is 0 Å². The van der Waals surface area contributed by atoms with Crippen molar-refractivity contribution < 1.29 is 33.5 Å². The smallest absolute Gasteiger partial charge is 0.550 e. The summed E-state index contributed by atoms with van der Waals surface area (Å²) in [4.78, 5) is 10.1. The minimum absolute atomic E-state index is 0. The van der Waals surface area contributed by atoms with E-state index in [0.29, 0.717) is 6.61 Å². The molecule has 156 valence electrons. The molecule has 0 rings (SSSR count). The number of carboxylic acid groups (broad SMARTS) is 1. The average molecular weight is 377 g/mol. The van der Waals surface area contributed by atoms with Crippen molar-refractivity contribution in [2.24, 2.45) is 0 Å². The minimum Gasteiger partial charge on any atom is -0.550 e. The fourth-order valence-corrected chi connectivity index (χ4v) is 3.51. The SMILES string of the molecule is CCCCCCCCCCCCCCCCCCCCCCOC(=O)[O-].[Li+]. The van der Waals surface area contributed by atoms with Gasteiger partial charge in [-0.25, -0.2) is 0 Å². The fourth-order valence-electron chi connectivity index (χ4n) is 3.51. The summed E-state index contributed by atoms with van der Waals surface area (Å²) in [6.45, 7) is 2.57. The minimum atomic E-state index is -1.40. The molecule has 0 heterocycles. The summed E-state index contributed by atoms with van der Waals surface area (Å²) in [6, 6.07) is 0. The Morgan fingerprint density at radius 2 is 0.815 bits per heavy atom. The van der Waals surface area contributed by atoms with Crippen LogP contribution in [0.3, 0.4) is 0 Å². The third-order valence-corrected chi connectivity index (χ3v) is 5.22. The second-order valence-electron chi connectivity index (χ2n) is 7.82. The van der Waals surface area contributed by atoms with E-state index in [9.17, 15) is 9.90 Å². The molecule has 27 heavy (non-hydrogen) atoms. The summed E-state index contributed by atoms with van der Waals surface area (Å²) in [5.41, 5.74) is 0. The third-order valence-electron chi connectivity index (χ3n) is 5.22. The van der Waals surface area contributed by atoms with Crippen molar-refractivity contribution in [3.63, 3.8) is 0 Å². The number of unbranched alkanes of at least 4 members (excludes halogenated alkanes) is 19. The summed E-state index contributed by atoms with van der Waals surface area (Å²) >= 11 is 0. The van der Waals surface area contributed by atoms with Crippen LogP contribution in [0.25, 0.3) is 0 Å². The molecular weight excluding hydrogens is 331 g/mol. The second-order valence-corrected chi connectivity index (χ2v) is 7.82. The Labute approximate surface area is 181 Å². The van der Waals surface area contributed by atoms with Crippen LogP contribution in [0.15, 0.2) is 0 Å². The van der Waals surface area contributed by atoms with Crippen LogP contribution in [0.5, 0.6) is 0 Å². The van der Waals surface area contributed by atoms with E-state index in [2.05, 4.69) is 11.7 Å². The quantitative estimate of drug-likeness (QED) is 0.172. The van der Waals surface area contributed by atoms with Gasteiger partial charge >= 0.3 is 18.9 Å². The fraction of sp³-hybridized carbons (Fsp3) is 0.957. The second kappa shape index (κ2) is 25.9. The zero-order valence-corrected chi connectivity index (χ0v) is 18.6. The van der Waals surface area contributed by atoms with E-state index in [1.807, 2.05) is 0 Å². The molecule has 0 aliphatic carbocycles. The Kier molecular flexibility index (Phi) is 27.9. The molecule has 0 saturated carbocycles. The Bertz CT molecular complexity index is 285. The maximum absolute atomic E-state index is 10.1. The molecule has 0 spiro atoms. The van der Waals surface area contributed by atoms with Crippen LogP contribution in [0.1, 0.15) is 135 Å². The summed E-state index contributed by atoms with van der Waals surface area (Å²) in [5, 5.41) is 10.1. The summed E-state index contributed by atoms with van der Waals surface area (Å²) in [7, 11) is 0. The molecule has 0 fully saturated rings. The van der Waals surface area contributed by atoms with Gasteiger partial charge in [0.25, 0.3) is 6.16 Å². The van der Waals surface area contributed by atoms with Gasteiger partial charge in [-0.2, -0.15) is 0 Å². The molecule has 0 aliphatic heterocycles. The predicted molar refractivity (Wildman–Crippen MR) is 109 cm³/mol. The van der Waals surface area contributed by atoms with Gasteiger partial charge in [-0.1, -0.05) is 129 Å². The standard InChI is InChI=1S/C23H46O3.Li/c1-2-3-4-5-6-7-8-9-10-11-12-13-14-15-16-17-18-19-20-21-22-26-23(24)25;/h2-22H2,1H3,(H,24,25);/q;+1/p-1. The Balaban J connectivity index is 0. The van der Waals surface area contributed by atoms with Gasteiger partial charge in [0.2, 0.25) is 0 Å². The van der Waals surface area contributed by atoms with E-state index < -0.39 is 6.16 Å². The first-order valence-electron chi connectivity index (χ1n) is 11.6. The molecule has 0 radical (unpaired) electrons. The van der Waals surface area contributed by atoms with E-state index >= 15 is 0 Å². The summed E-state index contributed by atoms with van der Waals surface area (Å²) in [5.74, 6) is 0. The Morgan fingerprint density at radius 1 is 0.556 bits per heavy atom. The van der Waals surface area contributed by atoms with E-state index in [4.69, 9.17) is 0 Å². The summed E-state index contributed by atoms with van der Waals surface area (Å²) < 4.78 is 4.38. The van der Waals surface area contributed by atoms with E-state index in [1.165, 1.54) is 116 Å². The van der Waals surface area contributed by atoms with Crippen molar-refractivity contribution in [1.82, 2.24) is 0 Å². The molecule has 0 atom stereocenters. The number of rotatable bonds is 21. The molecule has 0 aromatic rings. The first-order chi connectivity index (χ1) is 12.8. The van der Waals surface area contributed by atoms with Gasteiger partial charge in [0.05, 0.1) is 0 Å². The number of hydrogen-bond acceptors (Lipinski definition) is 3. The van der Waals surface area contributed by atoms with Crippen LogP contribution in [-0.4, -0.2) is 12.8 Å². The Morgan fingerprint density at radius 3 is 1.07 bits per heavy atom. The molecule has 4 heteroatoms. The first-order valence-corrected chi connectivity index (χ1v) is 11.6. The van der Waals surface area contributed by atoms with E-state index in [0.717, 1.165) is 12.8 Å². The monoisotopic (exact) mass is 376 g/mol. The number of ether oxygens (including phenoxy) is 1. The van der Waals surface area contributed by atoms with Crippen LogP contribution in [0.4, 0.5) is 4.79 Å². The maximum atomic E-state index is 10.1. The van der Waals surface area contributed by atoms with Crippen LogP contribution < -0.4 is 24.0 Å². The molecule has 0 amide bonds. The topological polar surface area (TPSA) is 49.4 Å². The average Bonchev–Trinajstić information content (AvgIpc) is 2.62. The van der Waals surface area contributed by atoms with Crippen molar-refractivity contribution in [3.05, 3.63) is 0 Å². The Hall–Kier alpha value is -0.133. The van der Waals surface area contributed by atoms with Gasteiger partial charge in [-0.3, -0.25) is 0 Å². The van der Waals surface area contributed by atoms with Crippen LogP contribution in [0.2, 0.25) is 0 Å². The van der Waals surface area contributed by atoms with Crippen LogP contribution >= 0.6 is 0 Å². The number of carbonyl (C=O) groups is 1. The molecule has 0 aromatic carbocycles. The largest absolute Gasteiger partial charge is 1.00 e. The van der Waals surface area contributed by atoms with E-state index in [1.54, 1.807) is 0 Å². The van der Waals surface area contributed by atoms with Crippen LogP contribution in [-0.2, 0) is 4.74 Å². The normalized spacial score (nSPS) is 10.6. The van der Waals surface area contributed by atoms with Gasteiger partial charge in [0.15, 0.2) is 0 Å². The molecule has 0 saturated heterocycles. The van der Waals surface area contributed by atoms with Crippen molar-refractivity contribution >= 4 is 6.16 Å². The van der Waals surface area contributed by atoms with Crippen molar-refractivity contribution in [2.75, 3.05) is 6.61 Å². The van der Waals surface area contributed by atoms with E-state index in [-0.39, 0.29) is 18.9 Å². The molecule has 0 unspecified atom stereocenters. The van der Waals surface area contributed by atoms with Crippen molar-refractivity contribution in [3.8, 4) is 0 Å². The van der Waals surface area contributed by atoms with Gasteiger partial charge in [0.1, 0.15) is 0 Å². The number of carbonyl (C=O) groups excluding carboxylic acids is 1.